The van der Waals surface area contributed by atoms with Crippen molar-refractivity contribution in [1.82, 2.24) is 5.32 Å². The lowest BCUT2D eigenvalue weighted by molar-refractivity contribution is 0.0879. The molecule has 0 aromatic heterocycles. The lowest BCUT2D eigenvalue weighted by Crippen LogP contribution is -2.22. The van der Waals surface area contributed by atoms with Crippen molar-refractivity contribution in [2.75, 3.05) is 6.54 Å². The van der Waals surface area contributed by atoms with Crippen molar-refractivity contribution in [2.45, 2.75) is 12.3 Å². The molecular weight excluding hydrogens is 264 g/mol. The van der Waals surface area contributed by atoms with Crippen LogP contribution in [0.5, 0.6) is 0 Å². The van der Waals surface area contributed by atoms with E-state index in [0.717, 1.165) is 17.5 Å². The number of nitrogens with one attached hydrogen (secondary N) is 1. The first-order chi connectivity index (χ1) is 10.2. The monoisotopic (exact) mass is 280 g/mol. The van der Waals surface area contributed by atoms with Gasteiger partial charge in [0.05, 0.1) is 11.1 Å². The van der Waals surface area contributed by atoms with E-state index < -0.39 is 0 Å². The van der Waals surface area contributed by atoms with E-state index >= 15 is 0 Å². The van der Waals surface area contributed by atoms with Crippen LogP contribution in [0.1, 0.15) is 37.8 Å². The molecule has 1 aliphatic rings. The highest BCUT2D eigenvalue weighted by Gasteiger charge is 2.31. The molecule has 106 valence electrons. The standard InChI is InChI=1S/C17H16N2O2/c18-10-12(9-11-5-2-1-3-6-11)13-7-4-8-14-15(13)17(21)19-16(14)20/h1-8,12H,9-10,18H2,(H,19,20,21)/t12-/m1/s1. The summed E-state index contributed by atoms with van der Waals surface area (Å²) in [5, 5.41) is 2.35. The van der Waals surface area contributed by atoms with Crippen LogP contribution in [0.4, 0.5) is 0 Å². The second kappa shape index (κ2) is 5.50. The Hall–Kier alpha value is -2.46. The summed E-state index contributed by atoms with van der Waals surface area (Å²) in [6.45, 7) is 0.423. The van der Waals surface area contributed by atoms with E-state index in [2.05, 4.69) is 5.32 Å². The number of amides is 2. The fraction of sp³-hybridized carbons (Fsp3) is 0.176. The summed E-state index contributed by atoms with van der Waals surface area (Å²) in [4.78, 5) is 23.7. The Morgan fingerprint density at radius 1 is 0.952 bits per heavy atom. The zero-order valence-electron chi connectivity index (χ0n) is 11.5. The van der Waals surface area contributed by atoms with Gasteiger partial charge in [0, 0.05) is 5.92 Å². The van der Waals surface area contributed by atoms with Gasteiger partial charge in [-0.2, -0.15) is 0 Å². The number of carbonyl (C=O) groups is 2. The highest BCUT2D eigenvalue weighted by atomic mass is 16.2. The summed E-state index contributed by atoms with van der Waals surface area (Å²) in [5.74, 6) is -0.636. The lowest BCUT2D eigenvalue weighted by Gasteiger charge is -2.17. The molecule has 4 nitrogen and oxygen atoms in total. The number of fused-ring (bicyclic) bond motifs is 1. The molecular formula is C17H16N2O2. The molecule has 0 fully saturated rings. The molecule has 3 rings (SSSR count). The second-order valence-electron chi connectivity index (χ2n) is 5.18. The van der Waals surface area contributed by atoms with Crippen LogP contribution in [0.3, 0.4) is 0 Å². The van der Waals surface area contributed by atoms with E-state index in [9.17, 15) is 9.59 Å². The van der Waals surface area contributed by atoms with Gasteiger partial charge >= 0.3 is 0 Å². The molecule has 0 saturated carbocycles. The lowest BCUT2D eigenvalue weighted by atomic mass is 9.87. The Balaban J connectivity index is 1.99. The number of benzene rings is 2. The van der Waals surface area contributed by atoms with Gasteiger partial charge in [0.15, 0.2) is 0 Å². The zero-order chi connectivity index (χ0) is 14.8. The average Bonchev–Trinajstić information content (AvgIpc) is 2.81. The molecule has 3 N–H and O–H groups in total. The molecule has 1 atom stereocenters. The summed E-state index contributed by atoms with van der Waals surface area (Å²) in [6, 6.07) is 15.4. The number of carbonyl (C=O) groups excluding carboxylic acids is 2. The molecule has 2 amide bonds. The van der Waals surface area contributed by atoms with Crippen LogP contribution in [-0.4, -0.2) is 18.4 Å². The maximum absolute atomic E-state index is 12.0. The molecule has 0 unspecified atom stereocenters. The van der Waals surface area contributed by atoms with Crippen LogP contribution in [0, 0.1) is 0 Å². The Bertz CT molecular complexity index is 695. The molecule has 0 spiro atoms. The van der Waals surface area contributed by atoms with Crippen molar-refractivity contribution >= 4 is 11.8 Å². The first kappa shape index (κ1) is 13.5. The van der Waals surface area contributed by atoms with Crippen LogP contribution < -0.4 is 11.1 Å². The van der Waals surface area contributed by atoms with Crippen LogP contribution in [0.25, 0.3) is 0 Å². The van der Waals surface area contributed by atoms with Gasteiger partial charge in [0.2, 0.25) is 0 Å². The Labute approximate surface area is 123 Å². The maximum atomic E-state index is 12.0. The van der Waals surface area contributed by atoms with E-state index in [0.29, 0.717) is 17.7 Å². The van der Waals surface area contributed by atoms with Gasteiger partial charge in [-0.1, -0.05) is 42.5 Å². The summed E-state index contributed by atoms with van der Waals surface area (Å²) in [7, 11) is 0. The quantitative estimate of drug-likeness (QED) is 0.840. The third kappa shape index (κ3) is 2.45. The topological polar surface area (TPSA) is 72.2 Å². The number of hydrogen-bond donors (Lipinski definition) is 2. The number of nitrogens with two attached hydrogens (primary N) is 1. The Kier molecular flexibility index (Phi) is 3.54. The van der Waals surface area contributed by atoms with Gasteiger partial charge < -0.3 is 5.73 Å². The van der Waals surface area contributed by atoms with Gasteiger partial charge in [0.1, 0.15) is 0 Å². The van der Waals surface area contributed by atoms with Crippen molar-refractivity contribution in [3.63, 3.8) is 0 Å². The number of hydrogen-bond acceptors (Lipinski definition) is 3. The normalized spacial score (nSPS) is 14.7. The maximum Gasteiger partial charge on any atom is 0.259 e. The van der Waals surface area contributed by atoms with Crippen LogP contribution in [0.15, 0.2) is 48.5 Å². The third-order valence-electron chi connectivity index (χ3n) is 3.84. The molecule has 2 aromatic carbocycles. The smallest absolute Gasteiger partial charge is 0.259 e. The molecule has 21 heavy (non-hydrogen) atoms. The molecule has 0 radical (unpaired) electrons. The van der Waals surface area contributed by atoms with Crippen molar-refractivity contribution in [2.24, 2.45) is 5.73 Å². The van der Waals surface area contributed by atoms with Crippen LogP contribution in [0.2, 0.25) is 0 Å². The Morgan fingerprint density at radius 3 is 2.43 bits per heavy atom. The first-order valence-corrected chi connectivity index (χ1v) is 6.93. The summed E-state index contributed by atoms with van der Waals surface area (Å²) in [5.41, 5.74) is 8.85. The predicted octanol–water partition coefficient (Wildman–Crippen LogP) is 1.86. The Morgan fingerprint density at radius 2 is 1.71 bits per heavy atom. The average molecular weight is 280 g/mol. The van der Waals surface area contributed by atoms with Crippen molar-refractivity contribution in [3.05, 3.63) is 70.8 Å². The van der Waals surface area contributed by atoms with Crippen LogP contribution in [-0.2, 0) is 6.42 Å². The van der Waals surface area contributed by atoms with Gasteiger partial charge in [-0.3, -0.25) is 14.9 Å². The van der Waals surface area contributed by atoms with Crippen molar-refractivity contribution in [1.29, 1.82) is 0 Å². The second-order valence-corrected chi connectivity index (χ2v) is 5.18. The van der Waals surface area contributed by atoms with Crippen molar-refractivity contribution < 1.29 is 9.59 Å². The van der Waals surface area contributed by atoms with Gasteiger partial charge in [0.25, 0.3) is 11.8 Å². The number of rotatable bonds is 4. The minimum atomic E-state index is -0.327. The molecule has 1 aliphatic heterocycles. The first-order valence-electron chi connectivity index (χ1n) is 6.93. The highest BCUT2D eigenvalue weighted by molar-refractivity contribution is 6.22. The van der Waals surface area contributed by atoms with Crippen molar-refractivity contribution in [3.8, 4) is 0 Å². The fourth-order valence-electron chi connectivity index (χ4n) is 2.80. The van der Waals surface area contributed by atoms with Gasteiger partial charge in [-0.25, -0.2) is 0 Å². The largest absolute Gasteiger partial charge is 0.330 e. The molecule has 1 heterocycles. The van der Waals surface area contributed by atoms with E-state index in [1.54, 1.807) is 12.1 Å². The number of imide groups is 1. The SMILES string of the molecule is NC[C@@H](Cc1ccccc1)c1cccc2c1C(=O)NC2=O. The zero-order valence-corrected chi connectivity index (χ0v) is 11.5. The molecule has 0 bridgehead atoms. The molecule has 2 aromatic rings. The van der Waals surface area contributed by atoms with E-state index in [4.69, 9.17) is 5.73 Å². The predicted molar refractivity (Wildman–Crippen MR) is 80.2 cm³/mol. The minimum absolute atomic E-state index is 0.0130. The summed E-state index contributed by atoms with van der Waals surface area (Å²) >= 11 is 0. The van der Waals surface area contributed by atoms with Gasteiger partial charge in [-0.15, -0.1) is 0 Å². The third-order valence-corrected chi connectivity index (χ3v) is 3.84. The summed E-state index contributed by atoms with van der Waals surface area (Å²) < 4.78 is 0. The van der Waals surface area contributed by atoms with Gasteiger partial charge in [-0.05, 0) is 30.2 Å². The fourth-order valence-corrected chi connectivity index (χ4v) is 2.80. The van der Waals surface area contributed by atoms with Crippen LogP contribution >= 0.6 is 0 Å². The molecule has 4 heteroatoms. The van der Waals surface area contributed by atoms with E-state index in [1.807, 2.05) is 36.4 Å². The minimum Gasteiger partial charge on any atom is -0.330 e. The summed E-state index contributed by atoms with van der Waals surface area (Å²) in [6.07, 6.45) is 0.745. The molecule has 0 saturated heterocycles. The molecule has 0 aliphatic carbocycles. The van der Waals surface area contributed by atoms with E-state index in [1.165, 1.54) is 0 Å². The highest BCUT2D eigenvalue weighted by Crippen LogP contribution is 2.28. The van der Waals surface area contributed by atoms with E-state index in [-0.39, 0.29) is 17.7 Å².